The molecule has 5 nitrogen and oxygen atoms in total. The molecule has 3 fully saturated rings. The van der Waals surface area contributed by atoms with Crippen LogP contribution in [-0.4, -0.2) is 17.7 Å². The number of benzene rings is 2. The van der Waals surface area contributed by atoms with E-state index in [-0.39, 0.29) is 41.4 Å². The molecule has 2 aromatic rings. The fourth-order valence-electron chi connectivity index (χ4n) is 5.85. The van der Waals surface area contributed by atoms with Crippen LogP contribution < -0.4 is 10.2 Å². The Labute approximate surface area is 174 Å². The molecule has 5 aliphatic rings. The summed E-state index contributed by atoms with van der Waals surface area (Å²) in [4.78, 5) is 40.2. The lowest BCUT2D eigenvalue weighted by molar-refractivity contribution is -0.124. The van der Waals surface area contributed by atoms with Crippen LogP contribution in [0.1, 0.15) is 22.3 Å². The van der Waals surface area contributed by atoms with Crippen molar-refractivity contribution < 1.29 is 14.4 Å². The van der Waals surface area contributed by atoms with Gasteiger partial charge in [-0.2, -0.15) is 0 Å². The first-order valence-electron chi connectivity index (χ1n) is 10.6. The van der Waals surface area contributed by atoms with E-state index < -0.39 is 0 Å². The number of anilines is 1. The van der Waals surface area contributed by atoms with Crippen molar-refractivity contribution in [3.63, 3.8) is 0 Å². The molecule has 150 valence electrons. The Kier molecular flexibility index (Phi) is 3.76. The molecule has 6 atom stereocenters. The van der Waals surface area contributed by atoms with E-state index in [1.165, 1.54) is 4.90 Å². The number of allylic oxidation sites excluding steroid dienone is 2. The molecule has 7 rings (SSSR count). The lowest BCUT2D eigenvalue weighted by atomic mass is 9.63. The summed E-state index contributed by atoms with van der Waals surface area (Å²) in [6.07, 6.45) is 5.51. The molecule has 0 spiro atoms. The van der Waals surface area contributed by atoms with Gasteiger partial charge in [0.05, 0.1) is 17.5 Å². The first kappa shape index (κ1) is 17.6. The quantitative estimate of drug-likeness (QED) is 0.635. The molecule has 30 heavy (non-hydrogen) atoms. The Morgan fingerprint density at radius 3 is 2.07 bits per heavy atom. The van der Waals surface area contributed by atoms with Crippen molar-refractivity contribution >= 4 is 23.4 Å². The zero-order chi connectivity index (χ0) is 20.4. The molecule has 1 saturated heterocycles. The molecule has 4 aliphatic carbocycles. The van der Waals surface area contributed by atoms with Gasteiger partial charge >= 0.3 is 0 Å². The smallest absolute Gasteiger partial charge is 0.251 e. The average molecular weight is 398 g/mol. The van der Waals surface area contributed by atoms with E-state index in [4.69, 9.17) is 0 Å². The number of hydrogen-bond donors (Lipinski definition) is 1. The van der Waals surface area contributed by atoms with E-state index in [0.717, 1.165) is 12.0 Å². The molecule has 3 amide bonds. The topological polar surface area (TPSA) is 66.5 Å². The molecule has 0 aromatic heterocycles. The van der Waals surface area contributed by atoms with Gasteiger partial charge < -0.3 is 5.32 Å². The first-order chi connectivity index (χ1) is 14.6. The van der Waals surface area contributed by atoms with Crippen molar-refractivity contribution in [3.05, 3.63) is 77.9 Å². The Morgan fingerprint density at radius 2 is 1.47 bits per heavy atom. The van der Waals surface area contributed by atoms with Crippen LogP contribution in [-0.2, 0) is 16.1 Å². The van der Waals surface area contributed by atoms with Crippen molar-refractivity contribution in [3.8, 4) is 0 Å². The molecule has 0 radical (unpaired) electrons. The van der Waals surface area contributed by atoms with Gasteiger partial charge in [0.1, 0.15) is 0 Å². The minimum absolute atomic E-state index is 0.0732. The van der Waals surface area contributed by atoms with Crippen molar-refractivity contribution in [2.75, 3.05) is 4.90 Å². The van der Waals surface area contributed by atoms with Gasteiger partial charge in [0.15, 0.2) is 0 Å². The fraction of sp³-hybridized carbons (Fsp3) is 0.320. The summed E-state index contributed by atoms with van der Waals surface area (Å²) in [5.41, 5.74) is 2.10. The van der Waals surface area contributed by atoms with E-state index in [1.807, 2.05) is 30.3 Å². The number of carbonyl (C=O) groups excluding carboxylic acids is 3. The largest absolute Gasteiger partial charge is 0.348 e. The van der Waals surface area contributed by atoms with Gasteiger partial charge in [0, 0.05) is 12.1 Å². The van der Waals surface area contributed by atoms with Crippen LogP contribution in [0.5, 0.6) is 0 Å². The fourth-order valence-corrected chi connectivity index (χ4v) is 5.85. The monoisotopic (exact) mass is 398 g/mol. The molecular weight excluding hydrogens is 376 g/mol. The molecular formula is C25H22N2O3. The van der Waals surface area contributed by atoms with Crippen molar-refractivity contribution in [1.82, 2.24) is 5.32 Å². The van der Waals surface area contributed by atoms with Crippen molar-refractivity contribution in [2.24, 2.45) is 35.5 Å². The predicted octanol–water partition coefficient (Wildman–Crippen LogP) is 3.17. The minimum atomic E-state index is -0.204. The lowest BCUT2D eigenvalue weighted by Crippen LogP contribution is -2.40. The third kappa shape index (κ3) is 2.51. The predicted molar refractivity (Wildman–Crippen MR) is 111 cm³/mol. The van der Waals surface area contributed by atoms with Crippen LogP contribution in [0.25, 0.3) is 0 Å². The van der Waals surface area contributed by atoms with Crippen LogP contribution in [0.2, 0.25) is 0 Å². The number of hydrogen-bond acceptors (Lipinski definition) is 3. The summed E-state index contributed by atoms with van der Waals surface area (Å²) in [5, 5.41) is 2.90. The average Bonchev–Trinajstić information content (AvgIpc) is 3.56. The maximum absolute atomic E-state index is 13.2. The molecule has 1 aliphatic heterocycles. The van der Waals surface area contributed by atoms with Gasteiger partial charge in [0.2, 0.25) is 11.8 Å². The Morgan fingerprint density at radius 1 is 0.867 bits per heavy atom. The van der Waals surface area contributed by atoms with E-state index in [1.54, 1.807) is 24.3 Å². The van der Waals surface area contributed by atoms with Gasteiger partial charge in [-0.25, -0.2) is 0 Å². The van der Waals surface area contributed by atoms with Gasteiger partial charge in [0.25, 0.3) is 5.91 Å². The summed E-state index contributed by atoms with van der Waals surface area (Å²) in [6.45, 7) is 0.450. The summed E-state index contributed by atoms with van der Waals surface area (Å²) in [6, 6.07) is 16.5. The first-order valence-corrected chi connectivity index (χ1v) is 10.6. The van der Waals surface area contributed by atoms with Gasteiger partial charge in [-0.1, -0.05) is 42.5 Å². The van der Waals surface area contributed by atoms with E-state index in [2.05, 4.69) is 17.5 Å². The second-order valence-corrected chi connectivity index (χ2v) is 8.88. The highest BCUT2D eigenvalue weighted by molar-refractivity contribution is 6.22. The van der Waals surface area contributed by atoms with Crippen LogP contribution >= 0.6 is 0 Å². The third-order valence-corrected chi connectivity index (χ3v) is 7.35. The Bertz CT molecular complexity index is 1040. The molecule has 1 N–H and O–H groups in total. The van der Waals surface area contributed by atoms with Crippen molar-refractivity contribution in [1.29, 1.82) is 0 Å². The lowest BCUT2D eigenvalue weighted by Gasteiger charge is -2.37. The highest BCUT2D eigenvalue weighted by atomic mass is 16.2. The van der Waals surface area contributed by atoms with Crippen LogP contribution in [0.15, 0.2) is 66.7 Å². The second kappa shape index (κ2) is 6.39. The highest BCUT2D eigenvalue weighted by Crippen LogP contribution is 2.65. The second-order valence-electron chi connectivity index (χ2n) is 8.88. The van der Waals surface area contributed by atoms with E-state index in [9.17, 15) is 14.4 Å². The zero-order valence-corrected chi connectivity index (χ0v) is 16.4. The zero-order valence-electron chi connectivity index (χ0n) is 16.4. The minimum Gasteiger partial charge on any atom is -0.348 e. The van der Waals surface area contributed by atoms with Crippen LogP contribution in [0.4, 0.5) is 5.69 Å². The Hall–Kier alpha value is -3.21. The molecule has 2 bridgehead atoms. The van der Waals surface area contributed by atoms with E-state index >= 15 is 0 Å². The maximum Gasteiger partial charge on any atom is 0.251 e. The maximum atomic E-state index is 13.2. The molecule has 2 saturated carbocycles. The molecule has 0 unspecified atom stereocenters. The number of rotatable bonds is 4. The third-order valence-electron chi connectivity index (χ3n) is 7.35. The number of imide groups is 1. The summed E-state index contributed by atoms with van der Waals surface area (Å²) in [5.74, 6) is 0.883. The standard InChI is InChI=1S/C25H22N2O3/c28-23(26-13-14-4-2-1-3-5-14)15-6-8-16(9-7-15)27-24(29)21-17-10-11-18(20-12-19(17)20)22(21)25(27)30/h1-11,17-22H,12-13H2,(H,26,28)/t17-,18+,19-,20-,21+,22-/m1/s1. The van der Waals surface area contributed by atoms with Gasteiger partial charge in [-0.3, -0.25) is 19.3 Å². The Balaban J connectivity index is 1.19. The van der Waals surface area contributed by atoms with Crippen molar-refractivity contribution in [2.45, 2.75) is 13.0 Å². The highest BCUT2D eigenvalue weighted by Gasteiger charge is 2.67. The molecule has 2 aromatic carbocycles. The summed E-state index contributed by atoms with van der Waals surface area (Å²) < 4.78 is 0. The number of nitrogens with one attached hydrogen (secondary N) is 1. The van der Waals surface area contributed by atoms with Crippen LogP contribution in [0.3, 0.4) is 0 Å². The summed E-state index contributed by atoms with van der Waals surface area (Å²) in [7, 11) is 0. The van der Waals surface area contributed by atoms with Gasteiger partial charge in [-0.15, -0.1) is 0 Å². The van der Waals surface area contributed by atoms with Crippen LogP contribution in [0, 0.1) is 35.5 Å². The van der Waals surface area contributed by atoms with E-state index in [0.29, 0.717) is 29.6 Å². The van der Waals surface area contributed by atoms with Gasteiger partial charge in [-0.05, 0) is 59.9 Å². The SMILES string of the molecule is O=C(NCc1ccccc1)c1ccc(N2C(=O)[C@@H]3[C@H]4C=C[C@H]([C@H]5C[C@H]45)[C@@H]3C2=O)cc1. The number of nitrogens with zero attached hydrogens (tertiary/aromatic N) is 1. The number of amides is 3. The molecule has 1 heterocycles. The normalized spacial score (nSPS) is 32.7. The summed E-state index contributed by atoms with van der Waals surface area (Å²) >= 11 is 0. The molecule has 5 heteroatoms. The number of carbonyl (C=O) groups is 3.